The molecule has 0 amide bonds. The Hall–Kier alpha value is 0.0500. The van der Waals surface area contributed by atoms with Crippen LogP contribution in [0.15, 0.2) is 14.7 Å². The summed E-state index contributed by atoms with van der Waals surface area (Å²) in [4.78, 5) is 1.13. The van der Waals surface area contributed by atoms with Crippen LogP contribution in [-0.4, -0.2) is 15.0 Å². The SMILES string of the molecule is CCC(C)CNS(=O)(=O)c1cc(CN)sc1Br. The summed E-state index contributed by atoms with van der Waals surface area (Å²) in [7, 11) is -3.43. The van der Waals surface area contributed by atoms with Crippen LogP contribution in [0.5, 0.6) is 0 Å². The third-order valence-corrected chi connectivity index (χ3v) is 6.21. The number of rotatable bonds is 6. The average molecular weight is 341 g/mol. The van der Waals surface area contributed by atoms with Crippen LogP contribution in [0, 0.1) is 5.92 Å². The molecular weight excluding hydrogens is 324 g/mol. The van der Waals surface area contributed by atoms with E-state index in [0.29, 0.717) is 22.8 Å². The summed E-state index contributed by atoms with van der Waals surface area (Å²) in [6, 6.07) is 1.62. The predicted octanol–water partition coefficient (Wildman–Crippen LogP) is 2.29. The van der Waals surface area contributed by atoms with Gasteiger partial charge in [-0.2, -0.15) is 0 Å². The van der Waals surface area contributed by atoms with Gasteiger partial charge in [-0.25, -0.2) is 13.1 Å². The molecule has 7 heteroatoms. The summed E-state index contributed by atoms with van der Waals surface area (Å²) in [5, 5.41) is 0. The molecule has 0 fully saturated rings. The molecule has 0 bridgehead atoms. The van der Waals surface area contributed by atoms with Crippen molar-refractivity contribution in [1.82, 2.24) is 4.72 Å². The molecule has 1 heterocycles. The van der Waals surface area contributed by atoms with Gasteiger partial charge in [0.25, 0.3) is 0 Å². The molecule has 98 valence electrons. The second kappa shape index (κ2) is 6.29. The molecule has 3 N–H and O–H groups in total. The maximum Gasteiger partial charge on any atom is 0.242 e. The molecule has 0 radical (unpaired) electrons. The van der Waals surface area contributed by atoms with Crippen LogP contribution in [0.25, 0.3) is 0 Å². The fraction of sp³-hybridized carbons (Fsp3) is 0.600. The lowest BCUT2D eigenvalue weighted by Gasteiger charge is -2.10. The molecule has 0 aliphatic carbocycles. The summed E-state index contributed by atoms with van der Waals surface area (Å²) in [6.45, 7) is 4.85. The average Bonchev–Trinajstić information content (AvgIpc) is 2.68. The Morgan fingerprint density at radius 2 is 2.24 bits per heavy atom. The molecule has 0 saturated carbocycles. The first kappa shape index (κ1) is 15.1. The van der Waals surface area contributed by atoms with Crippen LogP contribution in [0.2, 0.25) is 0 Å². The van der Waals surface area contributed by atoms with E-state index < -0.39 is 10.0 Å². The number of halogens is 1. The van der Waals surface area contributed by atoms with E-state index in [1.807, 2.05) is 13.8 Å². The Morgan fingerprint density at radius 3 is 2.71 bits per heavy atom. The molecule has 4 nitrogen and oxygen atoms in total. The maximum atomic E-state index is 12.0. The Kier molecular flexibility index (Phi) is 5.59. The second-order valence-electron chi connectivity index (χ2n) is 3.92. The van der Waals surface area contributed by atoms with Crippen LogP contribution in [-0.2, 0) is 16.6 Å². The molecule has 0 aliphatic rings. The number of nitrogens with one attached hydrogen (secondary N) is 1. The van der Waals surface area contributed by atoms with E-state index in [2.05, 4.69) is 20.7 Å². The number of nitrogens with two attached hydrogens (primary N) is 1. The van der Waals surface area contributed by atoms with Crippen molar-refractivity contribution in [2.75, 3.05) is 6.54 Å². The van der Waals surface area contributed by atoms with Gasteiger partial charge < -0.3 is 5.73 Å². The molecule has 1 unspecified atom stereocenters. The highest BCUT2D eigenvalue weighted by molar-refractivity contribution is 9.11. The van der Waals surface area contributed by atoms with Gasteiger partial charge >= 0.3 is 0 Å². The summed E-state index contributed by atoms with van der Waals surface area (Å²) in [5.74, 6) is 0.330. The van der Waals surface area contributed by atoms with E-state index in [4.69, 9.17) is 5.73 Å². The van der Waals surface area contributed by atoms with Gasteiger partial charge in [-0.05, 0) is 27.9 Å². The van der Waals surface area contributed by atoms with Crippen molar-refractivity contribution in [1.29, 1.82) is 0 Å². The van der Waals surface area contributed by atoms with Gasteiger partial charge in [0.2, 0.25) is 10.0 Å². The Labute approximate surface area is 115 Å². The number of hydrogen-bond donors (Lipinski definition) is 2. The lowest BCUT2D eigenvalue weighted by molar-refractivity contribution is 0.528. The first-order valence-electron chi connectivity index (χ1n) is 5.38. The van der Waals surface area contributed by atoms with Gasteiger partial charge in [0.15, 0.2) is 0 Å². The van der Waals surface area contributed by atoms with Crippen LogP contribution in [0.4, 0.5) is 0 Å². The highest BCUT2D eigenvalue weighted by atomic mass is 79.9. The monoisotopic (exact) mass is 340 g/mol. The molecule has 1 aromatic rings. The zero-order chi connectivity index (χ0) is 13.1. The lowest BCUT2D eigenvalue weighted by atomic mass is 10.1. The fourth-order valence-electron chi connectivity index (χ4n) is 1.16. The minimum absolute atomic E-state index is 0.284. The van der Waals surface area contributed by atoms with E-state index >= 15 is 0 Å². The molecule has 17 heavy (non-hydrogen) atoms. The molecule has 0 spiro atoms. The van der Waals surface area contributed by atoms with Crippen molar-refractivity contribution in [3.8, 4) is 0 Å². The maximum absolute atomic E-state index is 12.0. The minimum atomic E-state index is -3.43. The number of thiophene rings is 1. The van der Waals surface area contributed by atoms with Gasteiger partial charge in [-0.3, -0.25) is 0 Å². The third-order valence-electron chi connectivity index (χ3n) is 2.52. The summed E-state index contributed by atoms with van der Waals surface area (Å²) in [6.07, 6.45) is 0.946. The highest BCUT2D eigenvalue weighted by Gasteiger charge is 2.20. The zero-order valence-electron chi connectivity index (χ0n) is 9.86. The van der Waals surface area contributed by atoms with Gasteiger partial charge in [-0.1, -0.05) is 20.3 Å². The van der Waals surface area contributed by atoms with Crippen LogP contribution in [0.1, 0.15) is 25.1 Å². The summed E-state index contributed by atoms with van der Waals surface area (Å²) in [5.41, 5.74) is 5.49. The fourth-order valence-corrected chi connectivity index (χ4v) is 4.88. The third kappa shape index (κ3) is 4.03. The number of hydrogen-bond acceptors (Lipinski definition) is 4. The Morgan fingerprint density at radius 1 is 1.59 bits per heavy atom. The largest absolute Gasteiger partial charge is 0.326 e. The van der Waals surface area contributed by atoms with Crippen molar-refractivity contribution in [3.63, 3.8) is 0 Å². The summed E-state index contributed by atoms with van der Waals surface area (Å²) < 4.78 is 27.3. The first-order chi connectivity index (χ1) is 7.90. The van der Waals surface area contributed by atoms with E-state index in [9.17, 15) is 8.42 Å². The van der Waals surface area contributed by atoms with E-state index in [1.165, 1.54) is 11.3 Å². The van der Waals surface area contributed by atoms with Crippen LogP contribution < -0.4 is 10.5 Å². The molecule has 1 atom stereocenters. The molecule has 0 aromatic carbocycles. The van der Waals surface area contributed by atoms with Crippen molar-refractivity contribution >= 4 is 37.3 Å². The van der Waals surface area contributed by atoms with Gasteiger partial charge in [-0.15, -0.1) is 11.3 Å². The number of sulfonamides is 1. The van der Waals surface area contributed by atoms with Crippen LogP contribution in [0.3, 0.4) is 0 Å². The topological polar surface area (TPSA) is 72.2 Å². The Bertz CT molecular complexity index is 471. The van der Waals surface area contributed by atoms with Crippen molar-refractivity contribution < 1.29 is 8.42 Å². The quantitative estimate of drug-likeness (QED) is 0.834. The van der Waals surface area contributed by atoms with Crippen molar-refractivity contribution in [2.24, 2.45) is 11.7 Å². The summed E-state index contributed by atoms with van der Waals surface area (Å²) >= 11 is 4.62. The molecule has 0 saturated heterocycles. The standard InChI is InChI=1S/C10H17BrN2O2S2/c1-3-7(2)6-13-17(14,15)9-4-8(5-12)16-10(9)11/h4,7,13H,3,5-6,12H2,1-2H3. The predicted molar refractivity (Wildman–Crippen MR) is 74.6 cm³/mol. The molecule has 1 aromatic heterocycles. The lowest BCUT2D eigenvalue weighted by Crippen LogP contribution is -2.28. The smallest absolute Gasteiger partial charge is 0.242 e. The zero-order valence-corrected chi connectivity index (χ0v) is 13.1. The van der Waals surface area contributed by atoms with Crippen LogP contribution >= 0.6 is 27.3 Å². The van der Waals surface area contributed by atoms with Gasteiger partial charge in [0.1, 0.15) is 4.90 Å². The normalized spacial score (nSPS) is 13.9. The van der Waals surface area contributed by atoms with E-state index in [-0.39, 0.29) is 4.90 Å². The van der Waals surface area contributed by atoms with E-state index in [1.54, 1.807) is 6.07 Å². The minimum Gasteiger partial charge on any atom is -0.326 e. The molecule has 1 rings (SSSR count). The van der Waals surface area contributed by atoms with E-state index in [0.717, 1.165) is 11.3 Å². The highest BCUT2D eigenvalue weighted by Crippen LogP contribution is 2.31. The molecular formula is C10H17BrN2O2S2. The van der Waals surface area contributed by atoms with Gasteiger partial charge in [0, 0.05) is 18.0 Å². The van der Waals surface area contributed by atoms with Gasteiger partial charge in [0.05, 0.1) is 3.79 Å². The molecule has 0 aliphatic heterocycles. The van der Waals surface area contributed by atoms with Crippen molar-refractivity contribution in [3.05, 3.63) is 14.7 Å². The van der Waals surface area contributed by atoms with Crippen molar-refractivity contribution in [2.45, 2.75) is 31.7 Å². The second-order valence-corrected chi connectivity index (χ2v) is 8.11. The first-order valence-corrected chi connectivity index (χ1v) is 8.48. The Balaban J connectivity index is 2.85.